The molecule has 1 atom stereocenters. The minimum Gasteiger partial charge on any atom is -0.363 e. The average molecular weight is 436 g/mol. The Morgan fingerprint density at radius 2 is 1.71 bits per heavy atom. The smallest absolute Gasteiger partial charge is 0.235 e. The first kappa shape index (κ1) is 20.9. The van der Waals surface area contributed by atoms with E-state index in [0.29, 0.717) is 11.3 Å². The van der Waals surface area contributed by atoms with Crippen molar-refractivity contribution in [3.8, 4) is 11.3 Å². The van der Waals surface area contributed by atoms with E-state index in [-0.39, 0.29) is 6.04 Å². The molecule has 4 aromatic rings. The highest BCUT2D eigenvalue weighted by atomic mass is 32.2. The van der Waals surface area contributed by atoms with Crippen molar-refractivity contribution in [1.29, 1.82) is 0 Å². The molecule has 0 bridgehead atoms. The Labute approximate surface area is 182 Å². The van der Waals surface area contributed by atoms with Crippen LogP contribution in [-0.4, -0.2) is 28.6 Å². The van der Waals surface area contributed by atoms with Crippen molar-refractivity contribution in [2.45, 2.75) is 32.1 Å². The standard InChI is InChI=1S/C23H25N5O2S/c1-15(2)31(29,30)28-19-11-7-10-18(12-19)21-13-20-22(24-14-25-23(20)27-21)26-16(3)17-8-5-4-6-9-17/h4-16,28H,1-3H3,(H2,24,25,26,27). The number of nitrogens with zero attached hydrogens (tertiary/aromatic N) is 2. The summed E-state index contributed by atoms with van der Waals surface area (Å²) in [6.07, 6.45) is 1.52. The van der Waals surface area contributed by atoms with E-state index in [4.69, 9.17) is 0 Å². The Kier molecular flexibility index (Phi) is 5.65. The summed E-state index contributed by atoms with van der Waals surface area (Å²) in [4.78, 5) is 12.1. The Morgan fingerprint density at radius 3 is 2.45 bits per heavy atom. The molecule has 7 nitrogen and oxygen atoms in total. The second kappa shape index (κ2) is 8.39. The lowest BCUT2D eigenvalue weighted by molar-refractivity contribution is 0.593. The van der Waals surface area contributed by atoms with Crippen LogP contribution in [-0.2, 0) is 10.0 Å². The molecule has 2 aromatic heterocycles. The number of sulfonamides is 1. The lowest BCUT2D eigenvalue weighted by Crippen LogP contribution is -2.22. The van der Waals surface area contributed by atoms with Gasteiger partial charge in [-0.15, -0.1) is 0 Å². The molecule has 4 rings (SSSR count). The monoisotopic (exact) mass is 435 g/mol. The Bertz CT molecular complexity index is 1300. The Morgan fingerprint density at radius 1 is 0.935 bits per heavy atom. The predicted octanol–water partition coefficient (Wildman–Crippen LogP) is 4.95. The number of anilines is 2. The first-order valence-electron chi connectivity index (χ1n) is 10.1. The maximum Gasteiger partial charge on any atom is 0.235 e. The number of aromatic nitrogens is 3. The van der Waals surface area contributed by atoms with Gasteiger partial charge < -0.3 is 10.3 Å². The molecule has 160 valence electrons. The van der Waals surface area contributed by atoms with Crippen molar-refractivity contribution in [2.75, 3.05) is 10.0 Å². The van der Waals surface area contributed by atoms with Crippen molar-refractivity contribution in [3.63, 3.8) is 0 Å². The third kappa shape index (κ3) is 4.54. The van der Waals surface area contributed by atoms with Gasteiger partial charge in [-0.2, -0.15) is 0 Å². The van der Waals surface area contributed by atoms with Crippen molar-refractivity contribution in [3.05, 3.63) is 72.6 Å². The van der Waals surface area contributed by atoms with E-state index in [1.807, 2.05) is 36.4 Å². The van der Waals surface area contributed by atoms with E-state index in [2.05, 4.69) is 44.0 Å². The van der Waals surface area contributed by atoms with Gasteiger partial charge in [0.1, 0.15) is 17.8 Å². The fourth-order valence-electron chi connectivity index (χ4n) is 3.27. The topological polar surface area (TPSA) is 99.8 Å². The molecule has 1 unspecified atom stereocenters. The van der Waals surface area contributed by atoms with Crippen LogP contribution >= 0.6 is 0 Å². The largest absolute Gasteiger partial charge is 0.363 e. The first-order chi connectivity index (χ1) is 14.8. The zero-order valence-electron chi connectivity index (χ0n) is 17.6. The summed E-state index contributed by atoms with van der Waals surface area (Å²) in [5.74, 6) is 0.737. The molecular formula is C23H25N5O2S. The van der Waals surface area contributed by atoms with Crippen LogP contribution in [0.5, 0.6) is 0 Å². The molecule has 0 spiro atoms. The molecule has 0 saturated heterocycles. The molecule has 2 aromatic carbocycles. The highest BCUT2D eigenvalue weighted by molar-refractivity contribution is 7.93. The van der Waals surface area contributed by atoms with Crippen LogP contribution in [0.1, 0.15) is 32.4 Å². The number of aromatic amines is 1. The summed E-state index contributed by atoms with van der Waals surface area (Å²) in [6, 6.07) is 19.5. The summed E-state index contributed by atoms with van der Waals surface area (Å²) < 4.78 is 27.0. The lowest BCUT2D eigenvalue weighted by atomic mass is 10.1. The van der Waals surface area contributed by atoms with Gasteiger partial charge in [0, 0.05) is 23.0 Å². The van der Waals surface area contributed by atoms with E-state index in [9.17, 15) is 8.42 Å². The molecule has 0 radical (unpaired) electrons. The van der Waals surface area contributed by atoms with E-state index >= 15 is 0 Å². The first-order valence-corrected chi connectivity index (χ1v) is 11.7. The summed E-state index contributed by atoms with van der Waals surface area (Å²) in [5, 5.41) is 3.81. The highest BCUT2D eigenvalue weighted by Crippen LogP contribution is 2.30. The number of fused-ring (bicyclic) bond motifs is 1. The van der Waals surface area contributed by atoms with Crippen LogP contribution in [0.25, 0.3) is 22.3 Å². The fraction of sp³-hybridized carbons (Fsp3) is 0.217. The molecule has 31 heavy (non-hydrogen) atoms. The summed E-state index contributed by atoms with van der Waals surface area (Å²) in [7, 11) is -3.41. The van der Waals surface area contributed by atoms with Gasteiger partial charge >= 0.3 is 0 Å². The van der Waals surface area contributed by atoms with Crippen molar-refractivity contribution in [1.82, 2.24) is 15.0 Å². The molecule has 3 N–H and O–H groups in total. The van der Waals surface area contributed by atoms with Gasteiger partial charge in [-0.05, 0) is 44.5 Å². The van der Waals surface area contributed by atoms with Gasteiger partial charge in [-0.3, -0.25) is 4.72 Å². The Hall–Kier alpha value is -3.39. The minimum atomic E-state index is -3.41. The second-order valence-corrected chi connectivity index (χ2v) is 9.96. The average Bonchev–Trinajstić information content (AvgIpc) is 3.20. The molecule has 0 aliphatic heterocycles. The van der Waals surface area contributed by atoms with E-state index in [1.165, 1.54) is 6.33 Å². The third-order valence-corrected chi connectivity index (χ3v) is 6.89. The SMILES string of the molecule is CC(Nc1ncnc2[nH]c(-c3cccc(NS(=O)(=O)C(C)C)c3)cc12)c1ccccc1. The lowest BCUT2D eigenvalue weighted by Gasteiger charge is -2.15. The number of hydrogen-bond acceptors (Lipinski definition) is 5. The van der Waals surface area contributed by atoms with Crippen LogP contribution in [0.2, 0.25) is 0 Å². The normalized spacial score (nSPS) is 12.8. The molecule has 0 saturated carbocycles. The minimum absolute atomic E-state index is 0.0754. The fourth-order valence-corrected chi connectivity index (χ4v) is 3.96. The number of H-pyrrole nitrogens is 1. The summed E-state index contributed by atoms with van der Waals surface area (Å²) in [6.45, 7) is 5.38. The molecule has 0 aliphatic rings. The van der Waals surface area contributed by atoms with Crippen LogP contribution in [0, 0.1) is 0 Å². The van der Waals surface area contributed by atoms with Gasteiger partial charge in [-0.1, -0.05) is 42.5 Å². The molecule has 0 fully saturated rings. The van der Waals surface area contributed by atoms with E-state index < -0.39 is 15.3 Å². The van der Waals surface area contributed by atoms with Crippen LogP contribution in [0.3, 0.4) is 0 Å². The summed E-state index contributed by atoms with van der Waals surface area (Å²) in [5.41, 5.74) is 4.07. The maximum atomic E-state index is 12.2. The third-order valence-electron chi connectivity index (χ3n) is 5.13. The van der Waals surface area contributed by atoms with Gasteiger partial charge in [0.25, 0.3) is 0 Å². The zero-order valence-corrected chi connectivity index (χ0v) is 18.4. The number of benzene rings is 2. The van der Waals surface area contributed by atoms with Gasteiger partial charge in [0.05, 0.1) is 10.6 Å². The summed E-state index contributed by atoms with van der Waals surface area (Å²) >= 11 is 0. The second-order valence-electron chi connectivity index (χ2n) is 7.72. The van der Waals surface area contributed by atoms with Gasteiger partial charge in [0.2, 0.25) is 10.0 Å². The highest BCUT2D eigenvalue weighted by Gasteiger charge is 2.16. The van der Waals surface area contributed by atoms with Crippen molar-refractivity contribution < 1.29 is 8.42 Å². The van der Waals surface area contributed by atoms with Crippen molar-refractivity contribution >= 4 is 32.6 Å². The van der Waals surface area contributed by atoms with Gasteiger partial charge in [0.15, 0.2) is 0 Å². The van der Waals surface area contributed by atoms with Crippen LogP contribution in [0.15, 0.2) is 67.0 Å². The van der Waals surface area contributed by atoms with Gasteiger partial charge in [-0.25, -0.2) is 18.4 Å². The molecule has 0 amide bonds. The molecule has 0 aliphatic carbocycles. The molecule has 2 heterocycles. The van der Waals surface area contributed by atoms with E-state index in [0.717, 1.165) is 28.0 Å². The quantitative estimate of drug-likeness (QED) is 0.381. The Balaban J connectivity index is 1.65. The maximum absolute atomic E-state index is 12.2. The van der Waals surface area contributed by atoms with Crippen molar-refractivity contribution in [2.24, 2.45) is 0 Å². The predicted molar refractivity (Wildman–Crippen MR) is 125 cm³/mol. The van der Waals surface area contributed by atoms with Crippen LogP contribution < -0.4 is 10.0 Å². The number of nitrogens with one attached hydrogen (secondary N) is 3. The number of hydrogen-bond donors (Lipinski definition) is 3. The number of rotatable bonds is 7. The van der Waals surface area contributed by atoms with E-state index in [1.54, 1.807) is 26.0 Å². The molecular weight excluding hydrogens is 410 g/mol. The zero-order chi connectivity index (χ0) is 22.0. The van der Waals surface area contributed by atoms with Crippen LogP contribution in [0.4, 0.5) is 11.5 Å². The molecule has 8 heteroatoms.